The zero-order chi connectivity index (χ0) is 15.7. The predicted octanol–water partition coefficient (Wildman–Crippen LogP) is 1.74. The molecule has 1 aliphatic carbocycles. The molecule has 2 aliphatic rings. The third kappa shape index (κ3) is 3.69. The van der Waals surface area contributed by atoms with Gasteiger partial charge in [0.15, 0.2) is 0 Å². The first-order chi connectivity index (χ1) is 9.74. The molecule has 2 fully saturated rings. The van der Waals surface area contributed by atoms with Crippen molar-refractivity contribution in [3.05, 3.63) is 0 Å². The minimum absolute atomic E-state index is 0.0819. The summed E-state index contributed by atoms with van der Waals surface area (Å²) in [6.45, 7) is 2.34. The van der Waals surface area contributed by atoms with E-state index in [1.54, 1.807) is 4.90 Å². The van der Waals surface area contributed by atoms with E-state index >= 15 is 0 Å². The van der Waals surface area contributed by atoms with Gasteiger partial charge >= 0.3 is 6.18 Å². The average molecular weight is 307 g/mol. The van der Waals surface area contributed by atoms with Crippen LogP contribution < -0.4 is 5.73 Å². The molecule has 2 rings (SSSR count). The Balaban J connectivity index is 1.90. The molecule has 2 N–H and O–H groups in total. The van der Waals surface area contributed by atoms with Crippen LogP contribution in [0.5, 0.6) is 0 Å². The fourth-order valence-corrected chi connectivity index (χ4v) is 3.23. The van der Waals surface area contributed by atoms with Crippen molar-refractivity contribution in [1.82, 2.24) is 9.80 Å². The number of amides is 1. The third-order valence-electron chi connectivity index (χ3n) is 4.79. The SMILES string of the molecule is CC(N1CCN(C(=O)C2(N)CCCCC2)CC1)C(F)(F)F. The van der Waals surface area contributed by atoms with E-state index in [0.717, 1.165) is 19.3 Å². The molecular weight excluding hydrogens is 283 g/mol. The lowest BCUT2D eigenvalue weighted by atomic mass is 9.81. The summed E-state index contributed by atoms with van der Waals surface area (Å²) in [7, 11) is 0. The van der Waals surface area contributed by atoms with Gasteiger partial charge < -0.3 is 10.6 Å². The first-order valence-corrected chi connectivity index (χ1v) is 7.63. The Bertz CT molecular complexity index is 372. The van der Waals surface area contributed by atoms with Gasteiger partial charge in [-0.3, -0.25) is 9.69 Å². The summed E-state index contributed by atoms with van der Waals surface area (Å²) in [6, 6.07) is -1.46. The molecule has 0 spiro atoms. The Kier molecular flexibility index (Phi) is 4.82. The van der Waals surface area contributed by atoms with E-state index in [1.165, 1.54) is 11.8 Å². The third-order valence-corrected chi connectivity index (χ3v) is 4.79. The van der Waals surface area contributed by atoms with Crippen molar-refractivity contribution in [2.75, 3.05) is 26.2 Å². The number of rotatable bonds is 2. The van der Waals surface area contributed by atoms with Crippen molar-refractivity contribution in [2.24, 2.45) is 5.73 Å². The summed E-state index contributed by atoms with van der Waals surface area (Å²) in [4.78, 5) is 15.5. The number of carbonyl (C=O) groups is 1. The molecule has 4 nitrogen and oxygen atoms in total. The Hall–Kier alpha value is -0.820. The molecule has 0 aromatic heterocycles. The standard InChI is InChI=1S/C14H24F3N3O/c1-11(14(15,16)17)19-7-9-20(10-8-19)12(21)13(18)5-3-2-4-6-13/h11H,2-10,18H2,1H3. The van der Waals surface area contributed by atoms with Crippen molar-refractivity contribution >= 4 is 5.91 Å². The monoisotopic (exact) mass is 307 g/mol. The summed E-state index contributed by atoms with van der Waals surface area (Å²) in [5, 5.41) is 0. The number of hydrogen-bond acceptors (Lipinski definition) is 3. The van der Waals surface area contributed by atoms with Crippen LogP contribution in [0.4, 0.5) is 13.2 Å². The zero-order valence-corrected chi connectivity index (χ0v) is 12.5. The number of halogens is 3. The van der Waals surface area contributed by atoms with Crippen LogP contribution in [0, 0.1) is 0 Å². The van der Waals surface area contributed by atoms with Crippen molar-refractivity contribution in [2.45, 2.75) is 56.8 Å². The molecule has 1 saturated heterocycles. The minimum Gasteiger partial charge on any atom is -0.339 e. The van der Waals surface area contributed by atoms with Crippen LogP contribution in [0.15, 0.2) is 0 Å². The van der Waals surface area contributed by atoms with Crippen LogP contribution in [-0.4, -0.2) is 59.6 Å². The molecular formula is C14H24F3N3O. The largest absolute Gasteiger partial charge is 0.403 e. The number of nitrogens with zero attached hydrogens (tertiary/aromatic N) is 2. The van der Waals surface area contributed by atoms with E-state index in [2.05, 4.69) is 0 Å². The highest BCUT2D eigenvalue weighted by molar-refractivity contribution is 5.86. The highest BCUT2D eigenvalue weighted by atomic mass is 19.4. The van der Waals surface area contributed by atoms with Crippen molar-refractivity contribution in [3.63, 3.8) is 0 Å². The van der Waals surface area contributed by atoms with Gasteiger partial charge in [-0.25, -0.2) is 0 Å². The van der Waals surface area contributed by atoms with Gasteiger partial charge in [-0.15, -0.1) is 0 Å². The van der Waals surface area contributed by atoms with E-state index in [0.29, 0.717) is 25.9 Å². The smallest absolute Gasteiger partial charge is 0.339 e. The number of alkyl halides is 3. The number of hydrogen-bond donors (Lipinski definition) is 1. The molecule has 0 bridgehead atoms. The fraction of sp³-hybridized carbons (Fsp3) is 0.929. The molecule has 122 valence electrons. The van der Waals surface area contributed by atoms with E-state index in [9.17, 15) is 18.0 Å². The van der Waals surface area contributed by atoms with Crippen LogP contribution in [0.1, 0.15) is 39.0 Å². The molecule has 1 heterocycles. The number of piperazine rings is 1. The molecule has 1 saturated carbocycles. The second-order valence-corrected chi connectivity index (χ2v) is 6.26. The summed E-state index contributed by atoms with van der Waals surface area (Å²) in [5.41, 5.74) is 5.42. The molecule has 1 atom stereocenters. The molecule has 0 aromatic rings. The Morgan fingerprint density at radius 3 is 2.10 bits per heavy atom. The molecule has 0 radical (unpaired) electrons. The molecule has 7 heteroatoms. The van der Waals surface area contributed by atoms with E-state index in [1.807, 2.05) is 0 Å². The lowest BCUT2D eigenvalue weighted by molar-refractivity contribution is -0.183. The van der Waals surface area contributed by atoms with Gasteiger partial charge in [-0.1, -0.05) is 19.3 Å². The summed E-state index contributed by atoms with van der Waals surface area (Å²) in [6.07, 6.45) is 0.157. The number of nitrogens with two attached hydrogens (primary N) is 1. The predicted molar refractivity (Wildman–Crippen MR) is 73.7 cm³/mol. The topological polar surface area (TPSA) is 49.6 Å². The Morgan fingerprint density at radius 2 is 1.62 bits per heavy atom. The van der Waals surface area contributed by atoms with Crippen molar-refractivity contribution < 1.29 is 18.0 Å². The quantitative estimate of drug-likeness (QED) is 0.845. The highest BCUT2D eigenvalue weighted by Gasteiger charge is 2.43. The first-order valence-electron chi connectivity index (χ1n) is 7.63. The van der Waals surface area contributed by atoms with Crippen LogP contribution in [-0.2, 0) is 4.79 Å². The second kappa shape index (κ2) is 6.12. The van der Waals surface area contributed by atoms with Crippen molar-refractivity contribution in [1.29, 1.82) is 0 Å². The summed E-state index contributed by atoms with van der Waals surface area (Å²) < 4.78 is 38.1. The van der Waals surface area contributed by atoms with E-state index in [4.69, 9.17) is 5.73 Å². The molecule has 1 aliphatic heterocycles. The normalized spacial score (nSPS) is 25.7. The lowest BCUT2D eigenvalue weighted by Crippen LogP contribution is -2.61. The fourth-order valence-electron chi connectivity index (χ4n) is 3.23. The first kappa shape index (κ1) is 16.5. The summed E-state index contributed by atoms with van der Waals surface area (Å²) >= 11 is 0. The highest BCUT2D eigenvalue weighted by Crippen LogP contribution is 2.29. The maximum atomic E-state index is 12.7. The molecule has 0 aromatic carbocycles. The van der Waals surface area contributed by atoms with E-state index < -0.39 is 17.8 Å². The van der Waals surface area contributed by atoms with Crippen LogP contribution in [0.2, 0.25) is 0 Å². The van der Waals surface area contributed by atoms with Gasteiger partial charge in [0.1, 0.15) is 6.04 Å². The minimum atomic E-state index is -4.22. The molecule has 21 heavy (non-hydrogen) atoms. The van der Waals surface area contributed by atoms with Crippen LogP contribution in [0.25, 0.3) is 0 Å². The van der Waals surface area contributed by atoms with Crippen LogP contribution in [0.3, 0.4) is 0 Å². The van der Waals surface area contributed by atoms with E-state index in [-0.39, 0.29) is 19.0 Å². The van der Waals surface area contributed by atoms with Crippen LogP contribution >= 0.6 is 0 Å². The average Bonchev–Trinajstić information content (AvgIpc) is 2.46. The maximum Gasteiger partial charge on any atom is 0.403 e. The van der Waals surface area contributed by atoms with Gasteiger partial charge in [0.25, 0.3) is 0 Å². The van der Waals surface area contributed by atoms with Gasteiger partial charge in [-0.05, 0) is 19.8 Å². The Labute approximate surface area is 123 Å². The summed E-state index contributed by atoms with van der Waals surface area (Å²) in [5.74, 6) is -0.0819. The number of carbonyl (C=O) groups excluding carboxylic acids is 1. The Morgan fingerprint density at radius 1 is 1.10 bits per heavy atom. The lowest BCUT2D eigenvalue weighted by Gasteiger charge is -2.42. The van der Waals surface area contributed by atoms with Crippen molar-refractivity contribution in [3.8, 4) is 0 Å². The van der Waals surface area contributed by atoms with Gasteiger partial charge in [0.2, 0.25) is 5.91 Å². The van der Waals surface area contributed by atoms with Gasteiger partial charge in [0, 0.05) is 26.2 Å². The molecule has 1 amide bonds. The van der Waals surface area contributed by atoms with Gasteiger partial charge in [-0.2, -0.15) is 13.2 Å². The van der Waals surface area contributed by atoms with Gasteiger partial charge in [0.05, 0.1) is 5.54 Å². The second-order valence-electron chi connectivity index (χ2n) is 6.26. The maximum absolute atomic E-state index is 12.7. The zero-order valence-electron chi connectivity index (χ0n) is 12.5. The molecule has 1 unspecified atom stereocenters.